The normalized spacial score (nSPS) is 15.0. The van der Waals surface area contributed by atoms with Crippen molar-refractivity contribution in [1.29, 1.82) is 0 Å². The summed E-state index contributed by atoms with van der Waals surface area (Å²) >= 11 is 5.97. The minimum atomic E-state index is -0.579. The fraction of sp³-hybridized carbons (Fsp3) is 0.250. The minimum absolute atomic E-state index is 0.167. The SMILES string of the molecule is COC(=O)c1ccccc1NC(=O)COC(=O)C1COc2ccc(Cl)cc2C1. The van der Waals surface area contributed by atoms with E-state index in [4.69, 9.17) is 21.1 Å². The molecule has 1 aliphatic heterocycles. The van der Waals surface area contributed by atoms with Crippen molar-refractivity contribution in [3.8, 4) is 5.75 Å². The summed E-state index contributed by atoms with van der Waals surface area (Å²) in [4.78, 5) is 36.1. The second kappa shape index (κ2) is 8.75. The smallest absolute Gasteiger partial charge is 0.339 e. The molecular weight excluding hydrogens is 386 g/mol. The number of esters is 2. The molecule has 1 atom stereocenters. The van der Waals surface area contributed by atoms with Crippen LogP contribution < -0.4 is 10.1 Å². The number of carbonyl (C=O) groups is 3. The maximum absolute atomic E-state index is 12.3. The maximum Gasteiger partial charge on any atom is 0.339 e. The average Bonchev–Trinajstić information content (AvgIpc) is 2.71. The third-order valence-electron chi connectivity index (χ3n) is 4.21. The lowest BCUT2D eigenvalue weighted by Crippen LogP contribution is -2.32. The van der Waals surface area contributed by atoms with Gasteiger partial charge in [-0.2, -0.15) is 0 Å². The van der Waals surface area contributed by atoms with Crippen LogP contribution in [0.5, 0.6) is 5.75 Å². The summed E-state index contributed by atoms with van der Waals surface area (Å²) in [5.41, 5.74) is 1.30. The van der Waals surface area contributed by atoms with Gasteiger partial charge in [0, 0.05) is 5.02 Å². The van der Waals surface area contributed by atoms with Crippen molar-refractivity contribution in [3.05, 3.63) is 58.6 Å². The lowest BCUT2D eigenvalue weighted by molar-refractivity contribution is -0.152. The third kappa shape index (κ3) is 4.61. The van der Waals surface area contributed by atoms with Crippen molar-refractivity contribution in [3.63, 3.8) is 0 Å². The van der Waals surface area contributed by atoms with Crippen molar-refractivity contribution in [2.24, 2.45) is 5.92 Å². The molecule has 28 heavy (non-hydrogen) atoms. The molecule has 3 rings (SSSR count). The molecule has 0 radical (unpaired) electrons. The molecule has 0 aliphatic carbocycles. The molecule has 1 unspecified atom stereocenters. The average molecular weight is 404 g/mol. The highest BCUT2D eigenvalue weighted by Gasteiger charge is 2.28. The second-order valence-electron chi connectivity index (χ2n) is 6.16. The van der Waals surface area contributed by atoms with Crippen molar-refractivity contribution < 1.29 is 28.6 Å². The Bertz CT molecular complexity index is 913. The van der Waals surface area contributed by atoms with Gasteiger partial charge in [-0.25, -0.2) is 4.79 Å². The molecule has 0 fully saturated rings. The van der Waals surface area contributed by atoms with E-state index in [0.29, 0.717) is 17.2 Å². The van der Waals surface area contributed by atoms with Gasteiger partial charge in [0.05, 0.1) is 24.3 Å². The number of methoxy groups -OCH3 is 1. The van der Waals surface area contributed by atoms with Crippen LogP contribution in [0.4, 0.5) is 5.69 Å². The van der Waals surface area contributed by atoms with E-state index in [1.54, 1.807) is 36.4 Å². The molecule has 0 spiro atoms. The first-order chi connectivity index (χ1) is 13.5. The fourth-order valence-corrected chi connectivity index (χ4v) is 3.03. The molecule has 146 valence electrons. The summed E-state index contributed by atoms with van der Waals surface area (Å²) in [6.07, 6.45) is 0.418. The topological polar surface area (TPSA) is 90.9 Å². The molecule has 0 bridgehead atoms. The Hall–Kier alpha value is -3.06. The number of fused-ring (bicyclic) bond motifs is 1. The Labute approximate surface area is 166 Å². The van der Waals surface area contributed by atoms with E-state index in [9.17, 15) is 14.4 Å². The number of carbonyl (C=O) groups excluding carboxylic acids is 3. The number of ether oxygens (including phenoxy) is 3. The van der Waals surface area contributed by atoms with Crippen LogP contribution in [-0.4, -0.2) is 38.2 Å². The molecule has 1 heterocycles. The molecule has 2 aromatic rings. The van der Waals surface area contributed by atoms with Gasteiger partial charge in [-0.05, 0) is 42.3 Å². The minimum Gasteiger partial charge on any atom is -0.492 e. The Morgan fingerprint density at radius 2 is 2.00 bits per heavy atom. The van der Waals surface area contributed by atoms with Gasteiger partial charge in [0.15, 0.2) is 6.61 Å². The zero-order valence-corrected chi connectivity index (χ0v) is 15.8. The highest BCUT2D eigenvalue weighted by atomic mass is 35.5. The number of amides is 1. The quantitative estimate of drug-likeness (QED) is 0.772. The highest BCUT2D eigenvalue weighted by Crippen LogP contribution is 2.30. The van der Waals surface area contributed by atoms with Crippen molar-refractivity contribution in [1.82, 2.24) is 0 Å². The van der Waals surface area contributed by atoms with Crippen molar-refractivity contribution >= 4 is 35.1 Å². The zero-order chi connectivity index (χ0) is 20.1. The van der Waals surface area contributed by atoms with Crippen LogP contribution in [0.1, 0.15) is 15.9 Å². The van der Waals surface area contributed by atoms with E-state index in [-0.39, 0.29) is 17.9 Å². The van der Waals surface area contributed by atoms with Crippen LogP contribution in [0.15, 0.2) is 42.5 Å². The van der Waals surface area contributed by atoms with E-state index in [1.165, 1.54) is 13.2 Å². The van der Waals surface area contributed by atoms with E-state index in [0.717, 1.165) is 5.56 Å². The van der Waals surface area contributed by atoms with E-state index in [2.05, 4.69) is 10.1 Å². The zero-order valence-electron chi connectivity index (χ0n) is 15.1. The molecule has 0 saturated carbocycles. The van der Waals surface area contributed by atoms with E-state index >= 15 is 0 Å². The third-order valence-corrected chi connectivity index (χ3v) is 4.45. The fourth-order valence-electron chi connectivity index (χ4n) is 2.84. The highest BCUT2D eigenvalue weighted by molar-refractivity contribution is 6.30. The first-order valence-electron chi connectivity index (χ1n) is 8.53. The Morgan fingerprint density at radius 1 is 1.21 bits per heavy atom. The number of anilines is 1. The number of nitrogens with one attached hydrogen (secondary N) is 1. The Kier molecular flexibility index (Phi) is 6.16. The van der Waals surface area contributed by atoms with Gasteiger partial charge in [-0.1, -0.05) is 23.7 Å². The Balaban J connectivity index is 1.55. The summed E-state index contributed by atoms with van der Waals surface area (Å²) < 4.78 is 15.3. The summed E-state index contributed by atoms with van der Waals surface area (Å²) in [7, 11) is 1.25. The van der Waals surface area contributed by atoms with Crippen LogP contribution in [0.25, 0.3) is 0 Å². The summed E-state index contributed by atoms with van der Waals surface area (Å²) in [5, 5.41) is 3.10. The number of hydrogen-bond donors (Lipinski definition) is 1. The summed E-state index contributed by atoms with van der Waals surface area (Å²) in [6, 6.07) is 11.6. The van der Waals surface area contributed by atoms with Gasteiger partial charge in [-0.3, -0.25) is 9.59 Å². The second-order valence-corrected chi connectivity index (χ2v) is 6.59. The van der Waals surface area contributed by atoms with Crippen LogP contribution in [0.2, 0.25) is 5.02 Å². The van der Waals surface area contributed by atoms with Crippen LogP contribution in [0, 0.1) is 5.92 Å². The molecule has 1 amide bonds. The molecule has 8 heteroatoms. The van der Waals surface area contributed by atoms with Crippen LogP contribution in [0.3, 0.4) is 0 Å². The first-order valence-corrected chi connectivity index (χ1v) is 8.90. The molecular formula is C20H18ClNO6. The number of hydrogen-bond acceptors (Lipinski definition) is 6. The summed E-state index contributed by atoms with van der Waals surface area (Å²) in [5.74, 6) is -1.52. The summed E-state index contributed by atoms with van der Waals surface area (Å²) in [6.45, 7) is -0.312. The van der Waals surface area contributed by atoms with Gasteiger partial charge in [0.25, 0.3) is 5.91 Å². The van der Waals surface area contributed by atoms with E-state index in [1.807, 2.05) is 0 Å². The number of halogens is 1. The predicted octanol–water partition coefficient (Wildman–Crippen LogP) is 2.86. The predicted molar refractivity (Wildman–Crippen MR) is 102 cm³/mol. The van der Waals surface area contributed by atoms with Gasteiger partial charge < -0.3 is 19.5 Å². The van der Waals surface area contributed by atoms with E-state index < -0.39 is 30.4 Å². The number of benzene rings is 2. The van der Waals surface area contributed by atoms with Gasteiger partial charge in [0.1, 0.15) is 12.4 Å². The molecule has 2 aromatic carbocycles. The Morgan fingerprint density at radius 3 is 2.79 bits per heavy atom. The van der Waals surface area contributed by atoms with Gasteiger partial charge in [0.2, 0.25) is 0 Å². The van der Waals surface area contributed by atoms with Crippen LogP contribution >= 0.6 is 11.6 Å². The number of rotatable bonds is 5. The first kappa shape index (κ1) is 19.7. The lowest BCUT2D eigenvalue weighted by atomic mass is 9.97. The van der Waals surface area contributed by atoms with Gasteiger partial charge in [-0.15, -0.1) is 0 Å². The maximum atomic E-state index is 12.3. The van der Waals surface area contributed by atoms with Crippen molar-refractivity contribution in [2.45, 2.75) is 6.42 Å². The van der Waals surface area contributed by atoms with Gasteiger partial charge >= 0.3 is 11.9 Å². The standard InChI is InChI=1S/C20H18ClNO6/c1-26-20(25)15-4-2-3-5-16(15)22-18(23)11-28-19(24)13-8-12-9-14(21)6-7-17(12)27-10-13/h2-7,9,13H,8,10-11H2,1H3,(H,22,23). The molecule has 1 aliphatic rings. The largest absolute Gasteiger partial charge is 0.492 e. The molecule has 7 nitrogen and oxygen atoms in total. The lowest BCUT2D eigenvalue weighted by Gasteiger charge is -2.24. The van der Waals surface area contributed by atoms with Crippen LogP contribution in [-0.2, 0) is 25.5 Å². The monoisotopic (exact) mass is 403 g/mol. The van der Waals surface area contributed by atoms with Crippen molar-refractivity contribution in [2.75, 3.05) is 25.6 Å². The number of para-hydroxylation sites is 1. The molecule has 1 N–H and O–H groups in total. The molecule has 0 saturated heterocycles. The molecule has 0 aromatic heterocycles.